The first kappa shape index (κ1) is 23.8. The Bertz CT molecular complexity index is 739. The van der Waals surface area contributed by atoms with Gasteiger partial charge in [0.2, 0.25) is 0 Å². The van der Waals surface area contributed by atoms with Crippen molar-refractivity contribution in [2.75, 3.05) is 52.4 Å². The predicted octanol–water partition coefficient (Wildman–Crippen LogP) is 1.82. The lowest BCUT2D eigenvalue weighted by Crippen LogP contribution is -2.46. The van der Waals surface area contributed by atoms with E-state index in [0.717, 1.165) is 36.9 Å². The molecular formula is C20H35IN8. The lowest BCUT2D eigenvalue weighted by atomic mass is 10.2. The molecule has 2 N–H and O–H groups in total. The maximum atomic E-state index is 4.67. The van der Waals surface area contributed by atoms with Crippen LogP contribution in [-0.4, -0.2) is 82.7 Å². The van der Waals surface area contributed by atoms with Gasteiger partial charge >= 0.3 is 0 Å². The lowest BCUT2D eigenvalue weighted by molar-refractivity contribution is 0.136. The number of fused-ring (bicyclic) bond motifs is 1. The summed E-state index contributed by atoms with van der Waals surface area (Å²) in [6.45, 7) is 13.8. The van der Waals surface area contributed by atoms with E-state index in [4.69, 9.17) is 0 Å². The van der Waals surface area contributed by atoms with E-state index in [0.29, 0.717) is 6.54 Å². The maximum Gasteiger partial charge on any atom is 0.191 e. The fraction of sp³-hybridized carbons (Fsp3) is 0.650. The molecule has 0 aliphatic carbocycles. The van der Waals surface area contributed by atoms with Crippen molar-refractivity contribution in [1.29, 1.82) is 0 Å². The zero-order valence-corrected chi connectivity index (χ0v) is 20.0. The van der Waals surface area contributed by atoms with E-state index in [2.05, 4.69) is 49.5 Å². The molecule has 0 amide bonds. The van der Waals surface area contributed by atoms with Crippen LogP contribution in [-0.2, 0) is 6.54 Å². The molecule has 0 bridgehead atoms. The number of halogens is 1. The Hall–Kier alpha value is -1.46. The summed E-state index contributed by atoms with van der Waals surface area (Å²) in [7, 11) is 0. The van der Waals surface area contributed by atoms with Gasteiger partial charge in [-0.1, -0.05) is 13.0 Å². The minimum absolute atomic E-state index is 0. The highest BCUT2D eigenvalue weighted by Crippen LogP contribution is 2.04. The number of rotatable bonds is 9. The SMILES string of the molecule is CCNC(=NCc1nnc2ccccn12)NCCCCN1CCN(CC)CC1.I. The first-order valence-corrected chi connectivity index (χ1v) is 10.6. The number of unbranched alkanes of at least 4 members (excludes halogenated alkanes) is 1. The average Bonchev–Trinajstić information content (AvgIpc) is 3.15. The van der Waals surface area contributed by atoms with Crippen molar-refractivity contribution < 1.29 is 0 Å². The van der Waals surface area contributed by atoms with Crippen LogP contribution in [0, 0.1) is 0 Å². The largest absolute Gasteiger partial charge is 0.357 e. The second-order valence-electron chi connectivity index (χ2n) is 7.15. The van der Waals surface area contributed by atoms with Crippen LogP contribution < -0.4 is 10.6 Å². The number of likely N-dealkylation sites (N-methyl/N-ethyl adjacent to an activating group) is 1. The number of nitrogens with one attached hydrogen (secondary N) is 2. The number of aromatic nitrogens is 3. The Labute approximate surface area is 191 Å². The van der Waals surface area contributed by atoms with Gasteiger partial charge in [-0.05, 0) is 45.0 Å². The van der Waals surface area contributed by atoms with Crippen LogP contribution in [0.15, 0.2) is 29.4 Å². The molecule has 162 valence electrons. The summed E-state index contributed by atoms with van der Waals surface area (Å²) in [5.74, 6) is 1.69. The third kappa shape index (κ3) is 7.38. The quantitative estimate of drug-likeness (QED) is 0.230. The van der Waals surface area contributed by atoms with Crippen LogP contribution in [0.4, 0.5) is 0 Å². The first-order valence-electron chi connectivity index (χ1n) is 10.6. The smallest absolute Gasteiger partial charge is 0.191 e. The normalized spacial score (nSPS) is 16.0. The Balaban J connectivity index is 0.00000300. The highest BCUT2D eigenvalue weighted by Gasteiger charge is 2.14. The number of hydrogen-bond acceptors (Lipinski definition) is 5. The van der Waals surface area contributed by atoms with E-state index in [1.807, 2.05) is 28.8 Å². The molecule has 3 rings (SSSR count). The Morgan fingerprint density at radius 3 is 2.59 bits per heavy atom. The average molecular weight is 514 g/mol. The third-order valence-corrected chi connectivity index (χ3v) is 5.21. The summed E-state index contributed by atoms with van der Waals surface area (Å²) in [6.07, 6.45) is 4.33. The maximum absolute atomic E-state index is 4.67. The molecular weight excluding hydrogens is 479 g/mol. The summed E-state index contributed by atoms with van der Waals surface area (Å²) in [5, 5.41) is 15.2. The van der Waals surface area contributed by atoms with Crippen LogP contribution in [0.3, 0.4) is 0 Å². The fourth-order valence-corrected chi connectivity index (χ4v) is 3.49. The van der Waals surface area contributed by atoms with Gasteiger partial charge in [0.1, 0.15) is 6.54 Å². The third-order valence-electron chi connectivity index (χ3n) is 5.21. The van der Waals surface area contributed by atoms with Gasteiger partial charge in [0.05, 0.1) is 0 Å². The molecule has 3 heterocycles. The molecule has 1 saturated heterocycles. The number of pyridine rings is 1. The Morgan fingerprint density at radius 2 is 1.83 bits per heavy atom. The molecule has 0 unspecified atom stereocenters. The summed E-state index contributed by atoms with van der Waals surface area (Å²) in [4.78, 5) is 9.78. The van der Waals surface area contributed by atoms with Gasteiger partial charge in [0, 0.05) is 45.5 Å². The van der Waals surface area contributed by atoms with Crippen LogP contribution in [0.2, 0.25) is 0 Å². The van der Waals surface area contributed by atoms with Crippen LogP contribution in [0.25, 0.3) is 5.65 Å². The number of nitrogens with zero attached hydrogens (tertiary/aromatic N) is 6. The van der Waals surface area contributed by atoms with Crippen molar-refractivity contribution in [2.45, 2.75) is 33.2 Å². The summed E-state index contributed by atoms with van der Waals surface area (Å²) >= 11 is 0. The van der Waals surface area contributed by atoms with E-state index in [9.17, 15) is 0 Å². The van der Waals surface area contributed by atoms with Crippen molar-refractivity contribution in [3.05, 3.63) is 30.2 Å². The molecule has 1 aliphatic heterocycles. The molecule has 0 spiro atoms. The number of hydrogen-bond donors (Lipinski definition) is 2. The van der Waals surface area contributed by atoms with Gasteiger partial charge in [0.15, 0.2) is 17.4 Å². The van der Waals surface area contributed by atoms with Gasteiger partial charge in [-0.15, -0.1) is 34.2 Å². The standard InChI is InChI=1S/C20H34N8.HI/c1-3-21-20(23-17-19-25-24-18-9-5-7-12-28(18)19)22-10-6-8-11-27-15-13-26(4-2)14-16-27;/h5,7,9,12H,3-4,6,8,10-11,13-17H2,1-2H3,(H2,21,22,23);1H. The molecule has 2 aromatic rings. The fourth-order valence-electron chi connectivity index (χ4n) is 3.49. The topological polar surface area (TPSA) is 73.1 Å². The number of aliphatic imine (C=N–C) groups is 1. The molecule has 1 fully saturated rings. The second-order valence-corrected chi connectivity index (χ2v) is 7.15. The Kier molecular flexibility index (Phi) is 10.6. The molecule has 2 aromatic heterocycles. The van der Waals surface area contributed by atoms with Crippen LogP contribution in [0.5, 0.6) is 0 Å². The molecule has 9 heteroatoms. The zero-order chi connectivity index (χ0) is 19.6. The van der Waals surface area contributed by atoms with Gasteiger partial charge in [0.25, 0.3) is 0 Å². The highest BCUT2D eigenvalue weighted by molar-refractivity contribution is 14.0. The minimum Gasteiger partial charge on any atom is -0.357 e. The molecule has 29 heavy (non-hydrogen) atoms. The minimum atomic E-state index is 0. The van der Waals surface area contributed by atoms with Crippen molar-refractivity contribution in [3.8, 4) is 0 Å². The van der Waals surface area contributed by atoms with Gasteiger partial charge in [-0.3, -0.25) is 4.40 Å². The summed E-state index contributed by atoms with van der Waals surface area (Å²) in [6, 6.07) is 5.90. The lowest BCUT2D eigenvalue weighted by Gasteiger charge is -2.34. The van der Waals surface area contributed by atoms with E-state index >= 15 is 0 Å². The van der Waals surface area contributed by atoms with E-state index in [1.165, 1.54) is 45.7 Å². The van der Waals surface area contributed by atoms with Crippen molar-refractivity contribution in [3.63, 3.8) is 0 Å². The van der Waals surface area contributed by atoms with Crippen molar-refractivity contribution >= 4 is 35.6 Å². The molecule has 0 atom stereocenters. The van der Waals surface area contributed by atoms with E-state index in [-0.39, 0.29) is 24.0 Å². The van der Waals surface area contributed by atoms with Crippen LogP contribution >= 0.6 is 24.0 Å². The monoisotopic (exact) mass is 514 g/mol. The number of piperazine rings is 1. The predicted molar refractivity (Wildman–Crippen MR) is 129 cm³/mol. The Morgan fingerprint density at radius 1 is 1.03 bits per heavy atom. The zero-order valence-electron chi connectivity index (χ0n) is 17.7. The van der Waals surface area contributed by atoms with E-state index in [1.54, 1.807) is 0 Å². The molecule has 0 saturated carbocycles. The molecule has 0 radical (unpaired) electrons. The van der Waals surface area contributed by atoms with Crippen LogP contribution in [0.1, 0.15) is 32.5 Å². The second kappa shape index (κ2) is 13.0. The van der Waals surface area contributed by atoms with Gasteiger partial charge in [-0.25, -0.2) is 4.99 Å². The van der Waals surface area contributed by atoms with Gasteiger partial charge in [-0.2, -0.15) is 0 Å². The molecule has 0 aromatic carbocycles. The van der Waals surface area contributed by atoms with Crippen molar-refractivity contribution in [1.82, 2.24) is 35.0 Å². The molecule has 1 aliphatic rings. The van der Waals surface area contributed by atoms with Gasteiger partial charge < -0.3 is 20.4 Å². The number of guanidine groups is 1. The molecule has 8 nitrogen and oxygen atoms in total. The highest BCUT2D eigenvalue weighted by atomic mass is 127. The van der Waals surface area contributed by atoms with Crippen molar-refractivity contribution in [2.24, 2.45) is 4.99 Å². The first-order chi connectivity index (χ1) is 13.8. The summed E-state index contributed by atoms with van der Waals surface area (Å²) in [5.41, 5.74) is 0.852. The van der Waals surface area contributed by atoms with E-state index < -0.39 is 0 Å². The summed E-state index contributed by atoms with van der Waals surface area (Å²) < 4.78 is 1.98.